The monoisotopic (exact) mass is 454 g/mol. The summed E-state index contributed by atoms with van der Waals surface area (Å²) in [5.74, 6) is -0.371. The summed E-state index contributed by atoms with van der Waals surface area (Å²) in [4.78, 5) is 28.3. The molecule has 34 heavy (non-hydrogen) atoms. The van der Waals surface area contributed by atoms with Crippen molar-refractivity contribution >= 4 is 23.5 Å². The normalized spacial score (nSPS) is 11.1. The molecule has 4 aromatic rings. The quantitative estimate of drug-likeness (QED) is 0.372. The summed E-state index contributed by atoms with van der Waals surface area (Å²) >= 11 is 0. The summed E-state index contributed by atoms with van der Waals surface area (Å²) in [5.41, 5.74) is 3.16. The lowest BCUT2D eigenvalue weighted by atomic mass is 10.1. The van der Waals surface area contributed by atoms with E-state index in [1.54, 1.807) is 30.3 Å². The van der Waals surface area contributed by atoms with Gasteiger partial charge in [-0.2, -0.15) is 0 Å². The zero-order chi connectivity index (χ0) is 23.9. The van der Waals surface area contributed by atoms with Crippen LogP contribution in [0.4, 0.5) is 0 Å². The van der Waals surface area contributed by atoms with Crippen LogP contribution in [0.3, 0.4) is 0 Å². The van der Waals surface area contributed by atoms with Gasteiger partial charge >= 0.3 is 5.97 Å². The topological polar surface area (TPSA) is 102 Å². The zero-order valence-electron chi connectivity index (χ0n) is 18.4. The van der Waals surface area contributed by atoms with Crippen molar-refractivity contribution < 1.29 is 23.8 Å². The Morgan fingerprint density at radius 2 is 1.65 bits per heavy atom. The fraction of sp³-hybridized carbons (Fsp3) is 0.0741. The third kappa shape index (κ3) is 5.21. The molecule has 3 aromatic carbocycles. The molecule has 1 heterocycles. The van der Waals surface area contributed by atoms with Crippen molar-refractivity contribution in [1.82, 2.24) is 10.3 Å². The molecular formula is C27H22N2O5. The van der Waals surface area contributed by atoms with E-state index in [-0.39, 0.29) is 17.4 Å². The summed E-state index contributed by atoms with van der Waals surface area (Å²) in [6.45, 7) is -0.462. The first-order valence-electron chi connectivity index (χ1n) is 10.6. The molecule has 7 nitrogen and oxygen atoms in total. The van der Waals surface area contributed by atoms with Gasteiger partial charge in [-0.15, -0.1) is 0 Å². The third-order valence-electron chi connectivity index (χ3n) is 4.94. The van der Waals surface area contributed by atoms with E-state index in [1.165, 1.54) is 7.05 Å². The van der Waals surface area contributed by atoms with Crippen LogP contribution in [0.15, 0.2) is 89.3 Å². The number of benzene rings is 3. The lowest BCUT2D eigenvalue weighted by Gasteiger charge is -2.06. The molecule has 4 rings (SSSR count). The number of oxazole rings is 1. The molecule has 0 saturated carbocycles. The Balaban J connectivity index is 1.81. The smallest absolute Gasteiger partial charge is 0.341 e. The highest BCUT2D eigenvalue weighted by atomic mass is 16.5. The number of hydrogen-bond donors (Lipinski definition) is 2. The van der Waals surface area contributed by atoms with Crippen LogP contribution in [0, 0.1) is 0 Å². The number of hydrogen-bond acceptors (Lipinski definition) is 5. The lowest BCUT2D eigenvalue weighted by Crippen LogP contribution is -2.19. The highest BCUT2D eigenvalue weighted by Crippen LogP contribution is 2.35. The van der Waals surface area contributed by atoms with Crippen molar-refractivity contribution in [2.45, 2.75) is 0 Å². The van der Waals surface area contributed by atoms with Crippen LogP contribution in [0.25, 0.3) is 34.2 Å². The molecule has 7 heteroatoms. The molecular weight excluding hydrogens is 432 g/mol. The molecule has 1 aromatic heterocycles. The number of nitrogens with zero attached hydrogens (tertiary/aromatic N) is 1. The Morgan fingerprint density at radius 1 is 0.971 bits per heavy atom. The molecule has 0 aliphatic heterocycles. The van der Waals surface area contributed by atoms with Gasteiger partial charge in [0, 0.05) is 18.2 Å². The van der Waals surface area contributed by atoms with Gasteiger partial charge in [0.25, 0.3) is 5.91 Å². The first kappa shape index (κ1) is 22.5. The van der Waals surface area contributed by atoms with Crippen molar-refractivity contribution in [3.8, 4) is 28.3 Å². The number of aliphatic carboxylic acids is 1. The van der Waals surface area contributed by atoms with Gasteiger partial charge in [-0.05, 0) is 23.8 Å². The standard InChI is InChI=1S/C27H22N2O5/c1-28-26(32)22(16-18-9-8-14-21(15-18)33-17-23(30)31)27-29-24(19-10-4-2-5-11-19)25(34-27)20-12-6-3-7-13-20/h2-16H,17H2,1H3,(H,28,32)(H,30,31)/b22-16-. The van der Waals surface area contributed by atoms with Gasteiger partial charge in [0.15, 0.2) is 12.4 Å². The summed E-state index contributed by atoms with van der Waals surface area (Å²) in [7, 11) is 1.53. The number of carboxylic acid groups (broad SMARTS) is 1. The molecule has 0 aliphatic rings. The van der Waals surface area contributed by atoms with Crippen molar-refractivity contribution in [2.24, 2.45) is 0 Å². The van der Waals surface area contributed by atoms with E-state index in [4.69, 9.17) is 19.2 Å². The van der Waals surface area contributed by atoms with Crippen LogP contribution in [-0.2, 0) is 9.59 Å². The van der Waals surface area contributed by atoms with Crippen LogP contribution >= 0.6 is 0 Å². The number of aromatic nitrogens is 1. The number of rotatable bonds is 8. The summed E-state index contributed by atoms with van der Waals surface area (Å²) in [5, 5.41) is 11.5. The second-order valence-corrected chi connectivity index (χ2v) is 7.32. The van der Waals surface area contributed by atoms with Gasteiger partial charge in [-0.3, -0.25) is 4.79 Å². The molecule has 0 spiro atoms. The van der Waals surface area contributed by atoms with Crippen molar-refractivity contribution in [3.63, 3.8) is 0 Å². The van der Waals surface area contributed by atoms with Crippen LogP contribution in [0.1, 0.15) is 11.5 Å². The van der Waals surface area contributed by atoms with Crippen molar-refractivity contribution in [3.05, 3.63) is 96.4 Å². The predicted octanol–water partition coefficient (Wildman–Crippen LogP) is 4.76. The van der Waals surface area contributed by atoms with E-state index < -0.39 is 12.6 Å². The lowest BCUT2D eigenvalue weighted by molar-refractivity contribution is -0.139. The van der Waals surface area contributed by atoms with Crippen LogP contribution in [-0.4, -0.2) is 35.6 Å². The highest BCUT2D eigenvalue weighted by Gasteiger charge is 2.22. The van der Waals surface area contributed by atoms with Crippen molar-refractivity contribution in [2.75, 3.05) is 13.7 Å². The highest BCUT2D eigenvalue weighted by molar-refractivity contribution is 6.23. The van der Waals surface area contributed by atoms with E-state index in [1.807, 2.05) is 60.7 Å². The summed E-state index contributed by atoms with van der Waals surface area (Å²) in [6.07, 6.45) is 1.63. The Hall–Kier alpha value is -4.65. The number of nitrogens with one attached hydrogen (secondary N) is 1. The second-order valence-electron chi connectivity index (χ2n) is 7.32. The number of carbonyl (C=O) groups excluding carboxylic acids is 1. The Morgan fingerprint density at radius 3 is 2.29 bits per heavy atom. The second kappa shape index (κ2) is 10.3. The molecule has 170 valence electrons. The van der Waals surface area contributed by atoms with E-state index in [9.17, 15) is 9.59 Å². The first-order chi connectivity index (χ1) is 16.5. The summed E-state index contributed by atoms with van der Waals surface area (Å²) in [6, 6.07) is 26.0. The molecule has 0 unspecified atom stereocenters. The average Bonchev–Trinajstić information content (AvgIpc) is 3.32. The Kier molecular flexibility index (Phi) is 6.84. The van der Waals surface area contributed by atoms with Crippen LogP contribution in [0.5, 0.6) is 5.75 Å². The van der Waals surface area contributed by atoms with Gasteiger partial charge in [-0.25, -0.2) is 9.78 Å². The molecule has 0 atom stereocenters. The van der Waals surface area contributed by atoms with Crippen molar-refractivity contribution in [1.29, 1.82) is 0 Å². The molecule has 1 amide bonds. The van der Waals surface area contributed by atoms with E-state index in [2.05, 4.69) is 5.32 Å². The number of carboxylic acids is 1. The number of carbonyl (C=O) groups is 2. The minimum atomic E-state index is -1.08. The maximum Gasteiger partial charge on any atom is 0.341 e. The van der Waals surface area contributed by atoms with Gasteiger partial charge in [0.05, 0.1) is 0 Å². The molecule has 0 bridgehead atoms. The fourth-order valence-corrected chi connectivity index (χ4v) is 3.38. The Bertz CT molecular complexity index is 1270. The van der Waals surface area contributed by atoms with Crippen LogP contribution < -0.4 is 10.1 Å². The Labute approximate surface area is 196 Å². The van der Waals surface area contributed by atoms with E-state index in [0.717, 1.165) is 11.1 Å². The van der Waals surface area contributed by atoms with Gasteiger partial charge in [-0.1, -0.05) is 72.8 Å². The van der Waals surface area contributed by atoms with Crippen LogP contribution in [0.2, 0.25) is 0 Å². The largest absolute Gasteiger partial charge is 0.482 e. The fourth-order valence-electron chi connectivity index (χ4n) is 3.38. The van der Waals surface area contributed by atoms with E-state index >= 15 is 0 Å². The summed E-state index contributed by atoms with van der Waals surface area (Å²) < 4.78 is 11.4. The maximum absolute atomic E-state index is 12.8. The minimum absolute atomic E-state index is 0.161. The van der Waals surface area contributed by atoms with Gasteiger partial charge in [0.2, 0.25) is 5.89 Å². The first-order valence-corrected chi connectivity index (χ1v) is 10.6. The molecule has 0 saturated heterocycles. The zero-order valence-corrected chi connectivity index (χ0v) is 18.4. The molecule has 0 fully saturated rings. The minimum Gasteiger partial charge on any atom is -0.482 e. The van der Waals surface area contributed by atoms with E-state index in [0.29, 0.717) is 22.8 Å². The molecule has 0 aliphatic carbocycles. The number of ether oxygens (including phenoxy) is 1. The third-order valence-corrected chi connectivity index (χ3v) is 4.94. The van der Waals surface area contributed by atoms with Gasteiger partial charge in [0.1, 0.15) is 17.0 Å². The average molecular weight is 454 g/mol. The maximum atomic E-state index is 12.8. The SMILES string of the molecule is CNC(=O)/C(=C/c1cccc(OCC(=O)O)c1)c1nc(-c2ccccc2)c(-c2ccccc2)o1. The number of amides is 1. The molecule has 2 N–H and O–H groups in total. The predicted molar refractivity (Wildman–Crippen MR) is 129 cm³/mol. The molecule has 0 radical (unpaired) electrons. The van der Waals surface area contributed by atoms with Gasteiger partial charge < -0.3 is 19.6 Å². The number of likely N-dealkylation sites (N-methyl/N-ethyl adjacent to an activating group) is 1.